The Bertz CT molecular complexity index is 635. The van der Waals surface area contributed by atoms with Crippen LogP contribution in [0.25, 0.3) is 0 Å². The van der Waals surface area contributed by atoms with Crippen molar-refractivity contribution in [3.8, 4) is 5.88 Å². The van der Waals surface area contributed by atoms with Gasteiger partial charge in [0.05, 0.1) is 19.3 Å². The molecule has 0 spiro atoms. The third kappa shape index (κ3) is 12.4. The van der Waals surface area contributed by atoms with Crippen molar-refractivity contribution in [3.05, 3.63) is 23.9 Å². The SMILES string of the molecule is CCCCC(CNC(=O)OC(C)(C)C)NC(=NC)NCc1cccc(OC)n1.I. The van der Waals surface area contributed by atoms with Crippen molar-refractivity contribution in [1.82, 2.24) is 20.9 Å². The molecule has 1 aromatic heterocycles. The van der Waals surface area contributed by atoms with Crippen LogP contribution in [0.5, 0.6) is 5.88 Å². The van der Waals surface area contributed by atoms with E-state index < -0.39 is 11.7 Å². The molecule has 1 atom stereocenters. The summed E-state index contributed by atoms with van der Waals surface area (Å²) in [7, 11) is 3.31. The molecule has 166 valence electrons. The Morgan fingerprint density at radius 2 is 2.00 bits per heavy atom. The number of nitrogens with zero attached hydrogens (tertiary/aromatic N) is 2. The Kier molecular flexibility index (Phi) is 13.4. The first kappa shape index (κ1) is 27.2. The van der Waals surface area contributed by atoms with E-state index in [2.05, 4.69) is 32.9 Å². The molecule has 1 heterocycles. The molecule has 0 saturated carbocycles. The van der Waals surface area contributed by atoms with Crippen molar-refractivity contribution < 1.29 is 14.3 Å². The lowest BCUT2D eigenvalue weighted by Crippen LogP contribution is -2.48. The number of carbonyl (C=O) groups excluding carboxylic acids is 1. The lowest BCUT2D eigenvalue weighted by molar-refractivity contribution is 0.0523. The average Bonchev–Trinajstić information content (AvgIpc) is 2.65. The van der Waals surface area contributed by atoms with Gasteiger partial charge in [0.15, 0.2) is 5.96 Å². The number of aromatic nitrogens is 1. The number of aliphatic imine (C=N–C) groups is 1. The molecular weight excluding hydrogens is 485 g/mol. The molecule has 29 heavy (non-hydrogen) atoms. The zero-order valence-corrected chi connectivity index (χ0v) is 20.7. The van der Waals surface area contributed by atoms with E-state index in [4.69, 9.17) is 9.47 Å². The number of ether oxygens (including phenoxy) is 2. The highest BCUT2D eigenvalue weighted by molar-refractivity contribution is 14.0. The van der Waals surface area contributed by atoms with Crippen LogP contribution in [0.1, 0.15) is 52.7 Å². The zero-order valence-electron chi connectivity index (χ0n) is 18.4. The third-order valence-electron chi connectivity index (χ3n) is 3.79. The molecule has 1 aromatic rings. The predicted octanol–water partition coefficient (Wildman–Crippen LogP) is 3.46. The first-order valence-corrected chi connectivity index (χ1v) is 9.71. The van der Waals surface area contributed by atoms with Crippen LogP contribution in [-0.2, 0) is 11.3 Å². The molecule has 1 unspecified atom stereocenters. The van der Waals surface area contributed by atoms with Crippen molar-refractivity contribution in [3.63, 3.8) is 0 Å². The molecule has 0 fully saturated rings. The molecule has 9 heteroatoms. The largest absolute Gasteiger partial charge is 0.481 e. The number of hydrogen-bond donors (Lipinski definition) is 3. The number of rotatable bonds is 9. The van der Waals surface area contributed by atoms with E-state index in [9.17, 15) is 4.79 Å². The summed E-state index contributed by atoms with van der Waals surface area (Å²) in [5, 5.41) is 9.44. The van der Waals surface area contributed by atoms with Crippen LogP contribution >= 0.6 is 24.0 Å². The van der Waals surface area contributed by atoms with Gasteiger partial charge in [0.25, 0.3) is 0 Å². The van der Waals surface area contributed by atoms with Gasteiger partial charge in [-0.2, -0.15) is 0 Å². The molecule has 0 aromatic carbocycles. The molecule has 0 bridgehead atoms. The van der Waals surface area contributed by atoms with Gasteiger partial charge in [0, 0.05) is 25.7 Å². The first-order valence-electron chi connectivity index (χ1n) is 9.71. The van der Waals surface area contributed by atoms with Crippen molar-refractivity contribution in [2.24, 2.45) is 4.99 Å². The number of halogens is 1. The summed E-state index contributed by atoms with van der Waals surface area (Å²) in [4.78, 5) is 20.6. The Hall–Kier alpha value is -1.78. The molecular formula is C20H36IN5O3. The Morgan fingerprint density at radius 3 is 2.59 bits per heavy atom. The second-order valence-electron chi connectivity index (χ2n) is 7.46. The highest BCUT2D eigenvalue weighted by atomic mass is 127. The average molecular weight is 521 g/mol. The van der Waals surface area contributed by atoms with E-state index in [0.717, 1.165) is 25.0 Å². The third-order valence-corrected chi connectivity index (χ3v) is 3.79. The summed E-state index contributed by atoms with van der Waals surface area (Å²) in [6.45, 7) is 8.64. The Balaban J connectivity index is 0.00000784. The van der Waals surface area contributed by atoms with Gasteiger partial charge in [-0.3, -0.25) is 4.99 Å². The van der Waals surface area contributed by atoms with Crippen LogP contribution in [0.15, 0.2) is 23.2 Å². The number of hydrogen-bond acceptors (Lipinski definition) is 5. The molecule has 1 amide bonds. The minimum absolute atomic E-state index is 0. The van der Waals surface area contributed by atoms with Crippen LogP contribution in [0.4, 0.5) is 4.79 Å². The van der Waals surface area contributed by atoms with Gasteiger partial charge in [0.2, 0.25) is 5.88 Å². The van der Waals surface area contributed by atoms with E-state index >= 15 is 0 Å². The van der Waals surface area contributed by atoms with Gasteiger partial charge in [0.1, 0.15) is 5.60 Å². The van der Waals surface area contributed by atoms with Gasteiger partial charge in [-0.1, -0.05) is 25.8 Å². The van der Waals surface area contributed by atoms with Gasteiger partial charge < -0.3 is 25.4 Å². The number of methoxy groups -OCH3 is 1. The number of amides is 1. The number of pyridine rings is 1. The number of nitrogens with one attached hydrogen (secondary N) is 3. The maximum absolute atomic E-state index is 11.9. The fourth-order valence-corrected chi connectivity index (χ4v) is 2.43. The molecule has 0 aliphatic carbocycles. The standard InChI is InChI=1S/C20H35N5O3.HI/c1-7-8-10-16(14-23-19(26)28-20(2,3)4)25-18(21-5)22-13-15-11-9-12-17(24-15)27-6;/h9,11-12,16H,7-8,10,13-14H2,1-6H3,(H,23,26)(H2,21,22,25);1H. The van der Waals surface area contributed by atoms with Gasteiger partial charge in [-0.25, -0.2) is 9.78 Å². The molecule has 0 aliphatic rings. The maximum Gasteiger partial charge on any atom is 0.407 e. The van der Waals surface area contributed by atoms with Gasteiger partial charge >= 0.3 is 6.09 Å². The minimum Gasteiger partial charge on any atom is -0.481 e. The predicted molar refractivity (Wildman–Crippen MR) is 127 cm³/mol. The molecule has 0 radical (unpaired) electrons. The van der Waals surface area contributed by atoms with Crippen molar-refractivity contribution in [2.45, 2.75) is 65.1 Å². The minimum atomic E-state index is -0.516. The number of alkyl carbamates (subject to hydrolysis) is 1. The normalized spacial score (nSPS) is 12.4. The fourth-order valence-electron chi connectivity index (χ4n) is 2.43. The van der Waals surface area contributed by atoms with Crippen LogP contribution < -0.4 is 20.7 Å². The lowest BCUT2D eigenvalue weighted by Gasteiger charge is -2.24. The molecule has 0 saturated heterocycles. The van der Waals surface area contributed by atoms with E-state index in [1.54, 1.807) is 20.2 Å². The van der Waals surface area contributed by atoms with Crippen LogP contribution in [-0.4, -0.2) is 49.4 Å². The summed E-state index contributed by atoms with van der Waals surface area (Å²) >= 11 is 0. The van der Waals surface area contributed by atoms with Crippen molar-refractivity contribution in [1.29, 1.82) is 0 Å². The maximum atomic E-state index is 11.9. The fraction of sp³-hybridized carbons (Fsp3) is 0.650. The highest BCUT2D eigenvalue weighted by Gasteiger charge is 2.18. The Labute approximate surface area is 191 Å². The summed E-state index contributed by atoms with van der Waals surface area (Å²) in [5.74, 6) is 1.22. The quantitative estimate of drug-likeness (QED) is 0.262. The summed E-state index contributed by atoms with van der Waals surface area (Å²) in [6.07, 6.45) is 2.61. The number of guanidine groups is 1. The summed E-state index contributed by atoms with van der Waals surface area (Å²) in [6, 6.07) is 5.66. The number of unbranched alkanes of at least 4 members (excludes halogenated alkanes) is 1. The van der Waals surface area contributed by atoms with Gasteiger partial charge in [-0.15, -0.1) is 24.0 Å². The monoisotopic (exact) mass is 521 g/mol. The van der Waals surface area contributed by atoms with E-state index in [1.165, 1.54) is 0 Å². The smallest absolute Gasteiger partial charge is 0.407 e. The second kappa shape index (κ2) is 14.2. The van der Waals surface area contributed by atoms with Crippen LogP contribution in [0.2, 0.25) is 0 Å². The molecule has 1 rings (SSSR count). The van der Waals surface area contributed by atoms with Crippen molar-refractivity contribution >= 4 is 36.0 Å². The van der Waals surface area contributed by atoms with Crippen LogP contribution in [0, 0.1) is 0 Å². The molecule has 0 aliphatic heterocycles. The lowest BCUT2D eigenvalue weighted by atomic mass is 10.1. The topological polar surface area (TPSA) is 96.9 Å². The molecule has 8 nitrogen and oxygen atoms in total. The highest BCUT2D eigenvalue weighted by Crippen LogP contribution is 2.08. The van der Waals surface area contributed by atoms with E-state index in [0.29, 0.717) is 24.9 Å². The summed E-state index contributed by atoms with van der Waals surface area (Å²) < 4.78 is 10.5. The Morgan fingerprint density at radius 1 is 1.28 bits per heavy atom. The van der Waals surface area contributed by atoms with Gasteiger partial charge in [-0.05, 0) is 33.3 Å². The van der Waals surface area contributed by atoms with Crippen LogP contribution in [0.3, 0.4) is 0 Å². The molecule has 3 N–H and O–H groups in total. The van der Waals surface area contributed by atoms with E-state index in [1.807, 2.05) is 32.9 Å². The second-order valence-corrected chi connectivity index (χ2v) is 7.46. The summed E-state index contributed by atoms with van der Waals surface area (Å²) in [5.41, 5.74) is 0.330. The number of carbonyl (C=O) groups is 1. The van der Waals surface area contributed by atoms with E-state index in [-0.39, 0.29) is 30.0 Å². The van der Waals surface area contributed by atoms with Crippen molar-refractivity contribution in [2.75, 3.05) is 20.7 Å². The first-order chi connectivity index (χ1) is 13.3. The zero-order chi connectivity index (χ0) is 21.0.